The molecule has 142 valence electrons. The smallest absolute Gasteiger partial charge is 0.276 e. The number of carbonyl (C=O) groups is 2. The number of amides is 2. The molecule has 3 aromatic rings. The molecular weight excluding hydrogens is 360 g/mol. The van der Waals surface area contributed by atoms with Crippen molar-refractivity contribution in [3.63, 3.8) is 0 Å². The van der Waals surface area contributed by atoms with Crippen LogP contribution in [0.25, 0.3) is 10.8 Å². The lowest BCUT2D eigenvalue weighted by Crippen LogP contribution is -2.26. The van der Waals surface area contributed by atoms with Crippen molar-refractivity contribution in [1.82, 2.24) is 10.2 Å². The first kappa shape index (κ1) is 17.9. The Balaban J connectivity index is 1.47. The quantitative estimate of drug-likeness (QED) is 0.645. The van der Waals surface area contributed by atoms with Gasteiger partial charge in [-0.3, -0.25) is 14.4 Å². The molecule has 4 rings (SSSR count). The molecule has 1 saturated heterocycles. The highest BCUT2D eigenvalue weighted by atomic mass is 16.5. The minimum atomic E-state index is -0.441. The van der Waals surface area contributed by atoms with Gasteiger partial charge in [0.05, 0.1) is 5.39 Å². The maximum atomic E-state index is 12.6. The van der Waals surface area contributed by atoms with Gasteiger partial charge in [0.15, 0.2) is 5.69 Å². The lowest BCUT2D eigenvalue weighted by molar-refractivity contribution is -0.124. The normalized spacial score (nSPS) is 16.1. The number of nitrogens with one attached hydrogen (secondary N) is 3. The van der Waals surface area contributed by atoms with Gasteiger partial charge >= 0.3 is 0 Å². The summed E-state index contributed by atoms with van der Waals surface area (Å²) in [6.45, 7) is 0.608. The SMILES string of the molecule is O=C(Nc1ccc(NC(=O)[C@H]2CCCO2)cc1)c1n[nH]c(=O)c2ccccc12. The van der Waals surface area contributed by atoms with Crippen LogP contribution in [0.1, 0.15) is 23.3 Å². The van der Waals surface area contributed by atoms with Crippen molar-refractivity contribution >= 4 is 34.0 Å². The highest BCUT2D eigenvalue weighted by Gasteiger charge is 2.23. The molecule has 8 heteroatoms. The molecule has 0 saturated carbocycles. The van der Waals surface area contributed by atoms with Gasteiger partial charge in [-0.2, -0.15) is 5.10 Å². The topological polar surface area (TPSA) is 113 Å². The van der Waals surface area contributed by atoms with Gasteiger partial charge in [-0.15, -0.1) is 0 Å². The number of H-pyrrole nitrogens is 1. The number of nitrogens with zero attached hydrogens (tertiary/aromatic N) is 1. The minimum Gasteiger partial charge on any atom is -0.368 e. The average Bonchev–Trinajstić information content (AvgIpc) is 3.25. The fourth-order valence-corrected chi connectivity index (χ4v) is 3.12. The van der Waals surface area contributed by atoms with E-state index in [1.54, 1.807) is 48.5 Å². The summed E-state index contributed by atoms with van der Waals surface area (Å²) >= 11 is 0. The highest BCUT2D eigenvalue weighted by molar-refractivity contribution is 6.11. The van der Waals surface area contributed by atoms with Gasteiger partial charge in [0.25, 0.3) is 17.4 Å². The highest BCUT2D eigenvalue weighted by Crippen LogP contribution is 2.19. The zero-order valence-corrected chi connectivity index (χ0v) is 14.9. The van der Waals surface area contributed by atoms with E-state index in [0.717, 1.165) is 12.8 Å². The van der Waals surface area contributed by atoms with Crippen molar-refractivity contribution in [3.8, 4) is 0 Å². The fraction of sp³-hybridized carbons (Fsp3) is 0.200. The summed E-state index contributed by atoms with van der Waals surface area (Å²) in [5, 5.41) is 12.6. The van der Waals surface area contributed by atoms with Crippen LogP contribution in [0, 0.1) is 0 Å². The zero-order valence-electron chi connectivity index (χ0n) is 14.9. The Labute approximate surface area is 159 Å². The molecule has 0 spiro atoms. The molecule has 1 aliphatic rings. The Hall–Kier alpha value is -3.52. The van der Waals surface area contributed by atoms with E-state index in [9.17, 15) is 14.4 Å². The predicted molar refractivity (Wildman–Crippen MR) is 104 cm³/mol. The molecule has 0 radical (unpaired) electrons. The summed E-state index contributed by atoms with van der Waals surface area (Å²) in [6, 6.07) is 13.5. The maximum absolute atomic E-state index is 12.6. The first-order chi connectivity index (χ1) is 13.6. The first-order valence-corrected chi connectivity index (χ1v) is 8.93. The second-order valence-electron chi connectivity index (χ2n) is 6.47. The molecule has 1 atom stereocenters. The first-order valence-electron chi connectivity index (χ1n) is 8.93. The number of anilines is 2. The number of hydrogen-bond donors (Lipinski definition) is 3. The molecule has 28 heavy (non-hydrogen) atoms. The van der Waals surface area contributed by atoms with Crippen molar-refractivity contribution in [2.75, 3.05) is 17.2 Å². The van der Waals surface area contributed by atoms with Crippen LogP contribution >= 0.6 is 0 Å². The molecular formula is C20H18N4O4. The largest absolute Gasteiger partial charge is 0.368 e. The van der Waals surface area contributed by atoms with Crippen LogP contribution in [-0.4, -0.2) is 34.7 Å². The number of rotatable bonds is 4. The minimum absolute atomic E-state index is 0.131. The van der Waals surface area contributed by atoms with Gasteiger partial charge in [-0.05, 0) is 43.2 Å². The van der Waals surface area contributed by atoms with Gasteiger partial charge in [-0.25, -0.2) is 5.10 Å². The molecule has 2 aromatic carbocycles. The number of benzene rings is 2. The second-order valence-corrected chi connectivity index (χ2v) is 6.47. The van der Waals surface area contributed by atoms with Gasteiger partial charge in [0.2, 0.25) is 0 Å². The Bertz CT molecular complexity index is 1090. The Morgan fingerprint density at radius 1 is 1.00 bits per heavy atom. The number of fused-ring (bicyclic) bond motifs is 1. The van der Waals surface area contributed by atoms with E-state index >= 15 is 0 Å². The summed E-state index contributed by atoms with van der Waals surface area (Å²) in [4.78, 5) is 36.5. The molecule has 0 bridgehead atoms. The van der Waals surface area contributed by atoms with E-state index in [1.165, 1.54) is 0 Å². The molecule has 2 amide bonds. The van der Waals surface area contributed by atoms with Crippen LogP contribution in [0.5, 0.6) is 0 Å². The lowest BCUT2D eigenvalue weighted by atomic mass is 10.1. The molecule has 1 fully saturated rings. The Morgan fingerprint density at radius 3 is 2.36 bits per heavy atom. The van der Waals surface area contributed by atoms with E-state index < -0.39 is 12.0 Å². The number of ether oxygens (including phenoxy) is 1. The van der Waals surface area contributed by atoms with Crippen LogP contribution in [0.2, 0.25) is 0 Å². The van der Waals surface area contributed by atoms with Gasteiger partial charge < -0.3 is 15.4 Å². The van der Waals surface area contributed by atoms with Gasteiger partial charge in [0, 0.05) is 23.4 Å². The number of aromatic nitrogens is 2. The van der Waals surface area contributed by atoms with E-state index in [1.807, 2.05) is 0 Å². The van der Waals surface area contributed by atoms with Crippen LogP contribution in [0.3, 0.4) is 0 Å². The zero-order chi connectivity index (χ0) is 19.5. The van der Waals surface area contributed by atoms with Crippen molar-refractivity contribution < 1.29 is 14.3 Å². The van der Waals surface area contributed by atoms with Crippen molar-refractivity contribution in [2.45, 2.75) is 18.9 Å². The van der Waals surface area contributed by atoms with Crippen molar-refractivity contribution in [3.05, 3.63) is 64.6 Å². The summed E-state index contributed by atoms with van der Waals surface area (Å²) < 4.78 is 5.35. The summed E-state index contributed by atoms with van der Waals surface area (Å²) in [6.07, 6.45) is 1.20. The van der Waals surface area contributed by atoms with E-state index in [4.69, 9.17) is 4.74 Å². The lowest BCUT2D eigenvalue weighted by Gasteiger charge is -2.11. The van der Waals surface area contributed by atoms with Crippen LogP contribution < -0.4 is 16.2 Å². The van der Waals surface area contributed by atoms with E-state index in [2.05, 4.69) is 20.8 Å². The molecule has 0 aliphatic carbocycles. The van der Waals surface area contributed by atoms with Crippen LogP contribution in [0.15, 0.2) is 53.3 Å². The third-order valence-corrected chi connectivity index (χ3v) is 4.54. The average molecular weight is 378 g/mol. The molecule has 1 aromatic heterocycles. The van der Waals surface area contributed by atoms with E-state index in [0.29, 0.717) is 28.8 Å². The Morgan fingerprint density at radius 2 is 1.68 bits per heavy atom. The Kier molecular flexibility index (Phi) is 4.86. The van der Waals surface area contributed by atoms with Gasteiger partial charge in [-0.1, -0.05) is 18.2 Å². The van der Waals surface area contributed by atoms with E-state index in [-0.39, 0.29) is 17.2 Å². The maximum Gasteiger partial charge on any atom is 0.276 e. The summed E-state index contributed by atoms with van der Waals surface area (Å²) in [5.74, 6) is -0.609. The molecule has 1 aliphatic heterocycles. The fourth-order valence-electron chi connectivity index (χ4n) is 3.12. The van der Waals surface area contributed by atoms with Crippen molar-refractivity contribution in [1.29, 1.82) is 0 Å². The predicted octanol–water partition coefficient (Wildman–Crippen LogP) is 2.29. The molecule has 0 unspecified atom stereocenters. The standard InChI is InChI=1S/C20H18N4O4/c25-18-15-5-2-1-4-14(15)17(23-24-18)20(27)22-13-9-7-12(8-10-13)21-19(26)16-6-3-11-28-16/h1-2,4-5,7-10,16H,3,6,11H2,(H,21,26)(H,22,27)(H,24,25)/t16-/m1/s1. The number of hydrogen-bond acceptors (Lipinski definition) is 5. The third-order valence-electron chi connectivity index (χ3n) is 4.54. The van der Waals surface area contributed by atoms with Crippen LogP contribution in [-0.2, 0) is 9.53 Å². The molecule has 8 nitrogen and oxygen atoms in total. The second kappa shape index (κ2) is 7.61. The van der Waals surface area contributed by atoms with Crippen LogP contribution in [0.4, 0.5) is 11.4 Å². The van der Waals surface area contributed by atoms with Gasteiger partial charge in [0.1, 0.15) is 6.10 Å². The summed E-state index contributed by atoms with van der Waals surface area (Å²) in [5.41, 5.74) is 0.938. The molecule has 2 heterocycles. The number of carbonyl (C=O) groups excluding carboxylic acids is 2. The monoisotopic (exact) mass is 378 g/mol. The summed E-state index contributed by atoms with van der Waals surface area (Å²) in [7, 11) is 0. The molecule has 3 N–H and O–H groups in total. The third kappa shape index (κ3) is 3.63. The number of aromatic amines is 1. The van der Waals surface area contributed by atoms with Crippen molar-refractivity contribution in [2.24, 2.45) is 0 Å².